The smallest absolute Gasteiger partial charge is 0.160 e. The van der Waals surface area contributed by atoms with Gasteiger partial charge in [0.1, 0.15) is 8.80 Å². The number of para-hydroxylation sites is 1. The average Bonchev–Trinajstić information content (AvgIpc) is 3.44. The van der Waals surface area contributed by atoms with E-state index < -0.39 is 8.80 Å². The van der Waals surface area contributed by atoms with E-state index >= 15 is 0 Å². The number of benzene rings is 6. The lowest BCUT2D eigenvalue weighted by molar-refractivity contribution is 0.395. The summed E-state index contributed by atoms with van der Waals surface area (Å²) in [5, 5.41) is 14.4. The van der Waals surface area contributed by atoms with Gasteiger partial charge in [-0.05, 0) is 34.9 Å². The normalized spacial score (nSPS) is 14.9. The van der Waals surface area contributed by atoms with Crippen molar-refractivity contribution in [2.45, 2.75) is 6.29 Å². The summed E-state index contributed by atoms with van der Waals surface area (Å²) in [6, 6.07) is 57.5. The first kappa shape index (κ1) is 26.5. The Morgan fingerprint density at radius 1 is 0.500 bits per heavy atom. The summed E-state index contributed by atoms with van der Waals surface area (Å²) in [5.41, 5.74) is 7.27. The molecule has 1 aromatic heterocycles. The zero-order chi connectivity index (χ0) is 29.3. The number of fused-ring (bicyclic) bond motifs is 3. The van der Waals surface area contributed by atoms with E-state index in [1.54, 1.807) is 0 Å². The Labute approximate surface area is 259 Å². The third kappa shape index (κ3) is 4.84. The molecule has 1 aliphatic heterocycles. The van der Waals surface area contributed by atoms with Crippen molar-refractivity contribution in [1.82, 2.24) is 15.2 Å². The van der Waals surface area contributed by atoms with Crippen LogP contribution in [0.3, 0.4) is 0 Å². The molecule has 7 aromatic rings. The lowest BCUT2D eigenvalue weighted by Gasteiger charge is -2.30. The Bertz CT molecular complexity index is 2060. The first-order valence-corrected chi connectivity index (χ1v) is 17.1. The van der Waals surface area contributed by atoms with Crippen molar-refractivity contribution >= 4 is 51.9 Å². The molecule has 0 spiro atoms. The van der Waals surface area contributed by atoms with Crippen LogP contribution in [0.15, 0.2) is 164 Å². The topological polar surface area (TPSA) is 29.0 Å². The number of hydrogen-bond acceptors (Lipinski definition) is 2. The zero-order valence-electron chi connectivity index (χ0n) is 24.4. The molecule has 212 valence electrons. The molecule has 3 nitrogen and oxygen atoms in total. The fraction of sp³-hybridized carbons (Fsp3) is 0.0500. The van der Waals surface area contributed by atoms with Crippen molar-refractivity contribution in [3.05, 3.63) is 169 Å². The van der Waals surface area contributed by atoms with Gasteiger partial charge in [-0.25, -0.2) is 0 Å². The van der Waals surface area contributed by atoms with Crippen molar-refractivity contribution in [2.24, 2.45) is 0 Å². The molecule has 1 atom stereocenters. The van der Waals surface area contributed by atoms with Crippen molar-refractivity contribution in [3.63, 3.8) is 0 Å². The Kier molecular flexibility index (Phi) is 6.91. The van der Waals surface area contributed by atoms with Gasteiger partial charge in [-0.15, -0.1) is 0 Å². The molecule has 2 heterocycles. The molecule has 4 heteroatoms. The molecule has 0 aliphatic carbocycles. The zero-order valence-corrected chi connectivity index (χ0v) is 25.6. The number of nitrogens with zero attached hydrogens (tertiary/aromatic N) is 1. The van der Waals surface area contributed by atoms with Crippen molar-refractivity contribution in [3.8, 4) is 11.1 Å². The molecule has 8 rings (SSSR count). The monoisotopic (exact) mass is 583 g/mol. The summed E-state index contributed by atoms with van der Waals surface area (Å²) in [6.07, 6.45) is 2.18. The Morgan fingerprint density at radius 3 is 1.86 bits per heavy atom. The van der Waals surface area contributed by atoms with Crippen LogP contribution in [0.2, 0.25) is 0 Å². The SMILES string of the molecule is C1=C(c2cccc([SiH](c3ccccc3)c3ccccc3)c2)NC(n2c3ccccc3c3ccc(-c4ccccc4)cc32)NC1. The van der Waals surface area contributed by atoms with E-state index in [2.05, 4.69) is 179 Å². The van der Waals surface area contributed by atoms with E-state index in [-0.39, 0.29) is 6.29 Å². The standard InChI is InChI=1S/C40H33N3Si/c1-4-13-29(14-5-1)30-23-24-36-35-21-10-11-22-38(35)43(39(36)28-30)40-41-26-25-37(42-40)31-15-12-20-34(27-31)44(32-16-6-2-7-17-32)33-18-8-3-9-19-33/h1-25,27-28,40-42,44H,26H2. The highest BCUT2D eigenvalue weighted by molar-refractivity contribution is 6.95. The lowest BCUT2D eigenvalue weighted by Crippen LogP contribution is -2.52. The second-order valence-corrected chi connectivity index (χ2v) is 14.3. The molecular weight excluding hydrogens is 551 g/mol. The number of rotatable bonds is 6. The van der Waals surface area contributed by atoms with E-state index in [1.807, 2.05) is 0 Å². The van der Waals surface area contributed by atoms with Gasteiger partial charge in [-0.2, -0.15) is 0 Å². The maximum atomic E-state index is 3.89. The maximum absolute atomic E-state index is 3.89. The predicted octanol–water partition coefficient (Wildman–Crippen LogP) is 6.40. The van der Waals surface area contributed by atoms with Crippen molar-refractivity contribution in [2.75, 3.05) is 6.54 Å². The molecule has 2 N–H and O–H groups in total. The molecular formula is C40H33N3Si. The minimum Gasteiger partial charge on any atom is -0.352 e. The van der Waals surface area contributed by atoms with Gasteiger partial charge in [0.15, 0.2) is 6.29 Å². The molecule has 0 saturated heterocycles. The van der Waals surface area contributed by atoms with Crippen LogP contribution in [0.1, 0.15) is 11.9 Å². The summed E-state index contributed by atoms with van der Waals surface area (Å²) in [5.74, 6) is 0. The summed E-state index contributed by atoms with van der Waals surface area (Å²) in [6.45, 7) is 0.780. The highest BCUT2D eigenvalue weighted by atomic mass is 28.3. The fourth-order valence-electron chi connectivity index (χ4n) is 6.73. The molecule has 44 heavy (non-hydrogen) atoms. The first-order valence-electron chi connectivity index (χ1n) is 15.3. The summed E-state index contributed by atoms with van der Waals surface area (Å²) >= 11 is 0. The van der Waals surface area contributed by atoms with Gasteiger partial charge in [0.2, 0.25) is 0 Å². The van der Waals surface area contributed by atoms with Gasteiger partial charge in [0.05, 0.1) is 11.0 Å². The van der Waals surface area contributed by atoms with E-state index in [0.29, 0.717) is 0 Å². The minimum absolute atomic E-state index is 0.0941. The number of nitrogens with one attached hydrogen (secondary N) is 2. The van der Waals surface area contributed by atoms with Crippen LogP contribution in [-0.2, 0) is 0 Å². The Balaban J connectivity index is 1.19. The quantitative estimate of drug-likeness (QED) is 0.175. The molecule has 0 saturated carbocycles. The summed E-state index contributed by atoms with van der Waals surface area (Å²) in [7, 11) is -1.63. The van der Waals surface area contributed by atoms with Crippen LogP contribution in [0.4, 0.5) is 0 Å². The highest BCUT2D eigenvalue weighted by Gasteiger charge is 2.23. The molecule has 0 amide bonds. The van der Waals surface area contributed by atoms with Crippen LogP contribution >= 0.6 is 0 Å². The maximum Gasteiger partial charge on any atom is 0.160 e. The molecule has 1 unspecified atom stereocenters. The van der Waals surface area contributed by atoms with Gasteiger partial charge in [0.25, 0.3) is 0 Å². The summed E-state index contributed by atoms with van der Waals surface area (Å²) in [4.78, 5) is 0. The number of hydrogen-bond donors (Lipinski definition) is 2. The number of aromatic nitrogens is 1. The van der Waals surface area contributed by atoms with Gasteiger partial charge in [0, 0.05) is 23.0 Å². The Morgan fingerprint density at radius 2 is 1.11 bits per heavy atom. The molecule has 1 aliphatic rings. The predicted molar refractivity (Wildman–Crippen MR) is 188 cm³/mol. The second-order valence-electron chi connectivity index (χ2n) is 11.4. The van der Waals surface area contributed by atoms with Gasteiger partial charge in [-0.1, -0.05) is 161 Å². The van der Waals surface area contributed by atoms with E-state index in [1.165, 1.54) is 54.1 Å². The van der Waals surface area contributed by atoms with Crippen LogP contribution in [-0.4, -0.2) is 19.9 Å². The first-order chi connectivity index (χ1) is 21.8. The van der Waals surface area contributed by atoms with E-state index in [0.717, 1.165) is 12.2 Å². The molecule has 0 bridgehead atoms. The van der Waals surface area contributed by atoms with Crippen LogP contribution < -0.4 is 26.2 Å². The second kappa shape index (κ2) is 11.5. The highest BCUT2D eigenvalue weighted by Crippen LogP contribution is 2.34. The fourth-order valence-corrected chi connectivity index (χ4v) is 9.75. The van der Waals surface area contributed by atoms with E-state index in [9.17, 15) is 0 Å². The molecule has 6 aromatic carbocycles. The summed E-state index contributed by atoms with van der Waals surface area (Å²) < 4.78 is 2.43. The minimum atomic E-state index is -1.63. The molecule has 0 radical (unpaired) electrons. The van der Waals surface area contributed by atoms with Gasteiger partial charge >= 0.3 is 0 Å². The van der Waals surface area contributed by atoms with Crippen LogP contribution in [0.25, 0.3) is 38.6 Å². The Hall–Kier alpha value is -5.16. The largest absolute Gasteiger partial charge is 0.352 e. The third-order valence-electron chi connectivity index (χ3n) is 8.78. The van der Waals surface area contributed by atoms with Crippen LogP contribution in [0, 0.1) is 0 Å². The van der Waals surface area contributed by atoms with E-state index in [4.69, 9.17) is 0 Å². The van der Waals surface area contributed by atoms with Crippen LogP contribution in [0.5, 0.6) is 0 Å². The van der Waals surface area contributed by atoms with Crippen molar-refractivity contribution in [1.29, 1.82) is 0 Å². The average molecular weight is 584 g/mol. The van der Waals surface area contributed by atoms with Crippen molar-refractivity contribution < 1.29 is 0 Å². The molecule has 0 fully saturated rings. The van der Waals surface area contributed by atoms with Gasteiger partial charge < -0.3 is 9.88 Å². The third-order valence-corrected chi connectivity index (χ3v) is 11.9. The lowest BCUT2D eigenvalue weighted by atomic mass is 10.0. The van der Waals surface area contributed by atoms with Gasteiger partial charge in [-0.3, -0.25) is 5.32 Å².